The highest BCUT2D eigenvalue weighted by molar-refractivity contribution is 5.95. The standard InChI is InChI=1S/C23H30N4O/c1-19-6-5-11-27(17-19)23(28)21-9-10-24-22(16-21)26-14-12-25(13-15-26)18-20-7-3-2-4-8-20/h2-4,7-10,16,19H,5-6,11-15,17-18H2,1H3. The summed E-state index contributed by atoms with van der Waals surface area (Å²) >= 11 is 0. The fourth-order valence-electron chi connectivity index (χ4n) is 4.26. The smallest absolute Gasteiger partial charge is 0.254 e. The van der Waals surface area contributed by atoms with E-state index in [-0.39, 0.29) is 5.91 Å². The molecule has 0 aliphatic carbocycles. The number of rotatable bonds is 4. The zero-order valence-corrected chi connectivity index (χ0v) is 16.8. The Morgan fingerprint density at radius 3 is 2.61 bits per heavy atom. The van der Waals surface area contributed by atoms with Crippen LogP contribution >= 0.6 is 0 Å². The number of piperazine rings is 1. The number of amides is 1. The first-order chi connectivity index (χ1) is 13.7. The van der Waals surface area contributed by atoms with Gasteiger partial charge in [0.1, 0.15) is 5.82 Å². The third kappa shape index (κ3) is 4.53. The molecule has 2 aromatic rings. The van der Waals surface area contributed by atoms with Gasteiger partial charge in [0.05, 0.1) is 0 Å². The third-order valence-electron chi connectivity index (χ3n) is 5.88. The molecule has 28 heavy (non-hydrogen) atoms. The van der Waals surface area contributed by atoms with Gasteiger partial charge in [-0.15, -0.1) is 0 Å². The maximum absolute atomic E-state index is 12.9. The summed E-state index contributed by atoms with van der Waals surface area (Å²) < 4.78 is 0. The van der Waals surface area contributed by atoms with Crippen LogP contribution in [0.5, 0.6) is 0 Å². The number of carbonyl (C=O) groups is 1. The number of pyridine rings is 1. The highest BCUT2D eigenvalue weighted by Crippen LogP contribution is 2.21. The van der Waals surface area contributed by atoms with Gasteiger partial charge in [-0.05, 0) is 36.5 Å². The number of carbonyl (C=O) groups excluding carboxylic acids is 1. The van der Waals surface area contributed by atoms with Crippen molar-refractivity contribution in [3.63, 3.8) is 0 Å². The molecule has 5 heteroatoms. The number of benzene rings is 1. The second-order valence-electron chi connectivity index (χ2n) is 8.15. The van der Waals surface area contributed by atoms with Gasteiger partial charge >= 0.3 is 0 Å². The fraction of sp³-hybridized carbons (Fsp3) is 0.478. The molecule has 0 radical (unpaired) electrons. The van der Waals surface area contributed by atoms with Gasteiger partial charge < -0.3 is 9.80 Å². The Labute approximate surface area is 168 Å². The molecule has 2 aliphatic heterocycles. The molecule has 1 aromatic heterocycles. The average molecular weight is 379 g/mol. The van der Waals surface area contributed by atoms with Crippen molar-refractivity contribution in [2.45, 2.75) is 26.3 Å². The third-order valence-corrected chi connectivity index (χ3v) is 5.88. The van der Waals surface area contributed by atoms with Crippen molar-refractivity contribution in [2.75, 3.05) is 44.2 Å². The molecule has 5 nitrogen and oxygen atoms in total. The number of piperidine rings is 1. The first kappa shape index (κ1) is 18.9. The molecule has 1 atom stereocenters. The Hall–Kier alpha value is -2.40. The molecule has 0 bridgehead atoms. The summed E-state index contributed by atoms with van der Waals surface area (Å²) in [5.41, 5.74) is 2.13. The average Bonchev–Trinajstić information content (AvgIpc) is 2.75. The van der Waals surface area contributed by atoms with E-state index in [1.807, 2.05) is 17.0 Å². The molecule has 1 unspecified atom stereocenters. The number of anilines is 1. The van der Waals surface area contributed by atoms with E-state index in [1.165, 1.54) is 12.0 Å². The summed E-state index contributed by atoms with van der Waals surface area (Å²) in [6, 6.07) is 14.5. The molecule has 0 saturated carbocycles. The number of likely N-dealkylation sites (tertiary alicyclic amines) is 1. The quantitative estimate of drug-likeness (QED) is 0.819. The zero-order valence-electron chi connectivity index (χ0n) is 16.8. The summed E-state index contributed by atoms with van der Waals surface area (Å²) in [5.74, 6) is 1.67. The van der Waals surface area contributed by atoms with Gasteiger partial charge in [0.15, 0.2) is 0 Å². The minimum atomic E-state index is 0.151. The Morgan fingerprint density at radius 2 is 1.86 bits per heavy atom. The molecule has 2 saturated heterocycles. The lowest BCUT2D eigenvalue weighted by molar-refractivity contribution is 0.0683. The second kappa shape index (κ2) is 8.74. The molecule has 0 N–H and O–H groups in total. The molecule has 2 aliphatic rings. The first-order valence-electron chi connectivity index (χ1n) is 10.5. The van der Waals surface area contributed by atoms with E-state index in [2.05, 4.69) is 52.0 Å². The van der Waals surface area contributed by atoms with Gasteiger partial charge in [-0.25, -0.2) is 4.98 Å². The van der Waals surface area contributed by atoms with Crippen LogP contribution < -0.4 is 4.90 Å². The Kier molecular flexibility index (Phi) is 5.91. The van der Waals surface area contributed by atoms with E-state index in [4.69, 9.17) is 0 Å². The summed E-state index contributed by atoms with van der Waals surface area (Å²) in [4.78, 5) is 24.2. The lowest BCUT2D eigenvalue weighted by Gasteiger charge is -2.35. The molecule has 148 valence electrons. The molecule has 2 fully saturated rings. The van der Waals surface area contributed by atoms with E-state index in [9.17, 15) is 4.79 Å². The van der Waals surface area contributed by atoms with Gasteiger partial charge in [-0.1, -0.05) is 37.3 Å². The Balaban J connectivity index is 1.36. The van der Waals surface area contributed by atoms with Crippen LogP contribution in [0.15, 0.2) is 48.7 Å². The second-order valence-corrected chi connectivity index (χ2v) is 8.15. The molecular formula is C23H30N4O. The van der Waals surface area contributed by atoms with Gasteiger partial charge in [0.25, 0.3) is 5.91 Å². The van der Waals surface area contributed by atoms with Gasteiger partial charge in [0.2, 0.25) is 0 Å². The van der Waals surface area contributed by atoms with Crippen LogP contribution in [0.4, 0.5) is 5.82 Å². The van der Waals surface area contributed by atoms with Crippen molar-refractivity contribution in [2.24, 2.45) is 5.92 Å². The molecular weight excluding hydrogens is 348 g/mol. The monoisotopic (exact) mass is 378 g/mol. The minimum Gasteiger partial charge on any atom is -0.354 e. The van der Waals surface area contributed by atoms with Crippen molar-refractivity contribution in [1.29, 1.82) is 0 Å². The largest absolute Gasteiger partial charge is 0.354 e. The summed E-state index contributed by atoms with van der Waals surface area (Å²) in [5, 5.41) is 0. The van der Waals surface area contributed by atoms with Crippen LogP contribution in [0.2, 0.25) is 0 Å². The lowest BCUT2D eigenvalue weighted by atomic mass is 9.99. The Bertz CT molecular complexity index is 786. The zero-order chi connectivity index (χ0) is 19.3. The minimum absolute atomic E-state index is 0.151. The van der Waals surface area contributed by atoms with Crippen LogP contribution in [0.25, 0.3) is 0 Å². The predicted octanol–water partition coefficient (Wildman–Crippen LogP) is 3.28. The van der Waals surface area contributed by atoms with E-state index in [0.29, 0.717) is 5.92 Å². The highest BCUT2D eigenvalue weighted by atomic mass is 16.2. The van der Waals surface area contributed by atoms with Gasteiger partial charge in [-0.3, -0.25) is 9.69 Å². The van der Waals surface area contributed by atoms with E-state index in [1.54, 1.807) is 6.20 Å². The van der Waals surface area contributed by atoms with Crippen LogP contribution in [-0.2, 0) is 6.54 Å². The lowest BCUT2D eigenvalue weighted by Crippen LogP contribution is -2.46. The number of hydrogen-bond donors (Lipinski definition) is 0. The van der Waals surface area contributed by atoms with Gasteiger partial charge in [0, 0.05) is 57.6 Å². The van der Waals surface area contributed by atoms with E-state index < -0.39 is 0 Å². The fourth-order valence-corrected chi connectivity index (χ4v) is 4.26. The SMILES string of the molecule is CC1CCCN(C(=O)c2ccnc(N3CCN(Cc4ccccc4)CC3)c2)C1. The van der Waals surface area contributed by atoms with Crippen LogP contribution in [0.3, 0.4) is 0 Å². The summed E-state index contributed by atoms with van der Waals surface area (Å²) in [7, 11) is 0. The maximum Gasteiger partial charge on any atom is 0.254 e. The molecule has 1 amide bonds. The van der Waals surface area contributed by atoms with Crippen LogP contribution in [0.1, 0.15) is 35.7 Å². The van der Waals surface area contributed by atoms with Crippen molar-refractivity contribution in [3.05, 3.63) is 59.8 Å². The number of nitrogens with zero attached hydrogens (tertiary/aromatic N) is 4. The normalized spacial score (nSPS) is 21.0. The molecule has 0 spiro atoms. The predicted molar refractivity (Wildman–Crippen MR) is 112 cm³/mol. The molecule has 1 aromatic carbocycles. The van der Waals surface area contributed by atoms with E-state index >= 15 is 0 Å². The topological polar surface area (TPSA) is 39.7 Å². The van der Waals surface area contributed by atoms with Crippen molar-refractivity contribution in [3.8, 4) is 0 Å². The number of hydrogen-bond acceptors (Lipinski definition) is 4. The summed E-state index contributed by atoms with van der Waals surface area (Å²) in [6.45, 7) is 8.88. The van der Waals surface area contributed by atoms with Crippen LogP contribution in [-0.4, -0.2) is 60.0 Å². The van der Waals surface area contributed by atoms with Gasteiger partial charge in [-0.2, -0.15) is 0 Å². The van der Waals surface area contributed by atoms with Crippen LogP contribution in [0, 0.1) is 5.92 Å². The van der Waals surface area contributed by atoms with Crippen molar-refractivity contribution >= 4 is 11.7 Å². The molecule has 3 heterocycles. The number of aromatic nitrogens is 1. The first-order valence-corrected chi connectivity index (χ1v) is 10.5. The summed E-state index contributed by atoms with van der Waals surface area (Å²) in [6.07, 6.45) is 4.11. The maximum atomic E-state index is 12.9. The van der Waals surface area contributed by atoms with Crippen molar-refractivity contribution < 1.29 is 4.79 Å². The Morgan fingerprint density at radius 1 is 1.07 bits per heavy atom. The van der Waals surface area contributed by atoms with Crippen molar-refractivity contribution in [1.82, 2.24) is 14.8 Å². The highest BCUT2D eigenvalue weighted by Gasteiger charge is 2.24. The molecule has 4 rings (SSSR count). The van der Waals surface area contributed by atoms with E-state index in [0.717, 1.165) is 63.6 Å².